The normalized spacial score (nSPS) is 18.7. The average molecular weight is 299 g/mol. The molecule has 0 saturated heterocycles. The van der Waals surface area contributed by atoms with Gasteiger partial charge in [-0.05, 0) is 37.7 Å². The van der Waals surface area contributed by atoms with Crippen molar-refractivity contribution in [3.63, 3.8) is 0 Å². The quantitative estimate of drug-likeness (QED) is 0.834. The van der Waals surface area contributed by atoms with E-state index in [1.807, 2.05) is 30.3 Å². The number of carbonyl (C=O) groups is 2. The molecule has 0 fully saturated rings. The van der Waals surface area contributed by atoms with E-state index in [-0.39, 0.29) is 18.5 Å². The van der Waals surface area contributed by atoms with Gasteiger partial charge in [0.25, 0.3) is 0 Å². The Morgan fingerprint density at radius 2 is 1.82 bits per heavy atom. The minimum atomic E-state index is -0.326. The highest BCUT2D eigenvalue weighted by Gasteiger charge is 2.30. The van der Waals surface area contributed by atoms with E-state index >= 15 is 0 Å². The number of amides is 1. The first-order valence-electron chi connectivity index (χ1n) is 7.99. The zero-order valence-corrected chi connectivity index (χ0v) is 12.7. The first-order valence-corrected chi connectivity index (χ1v) is 7.99. The van der Waals surface area contributed by atoms with E-state index in [9.17, 15) is 9.59 Å². The Morgan fingerprint density at radius 3 is 2.64 bits per heavy atom. The number of rotatable bonds is 2. The fraction of sp³-hybridized carbons (Fsp3) is 0.444. The van der Waals surface area contributed by atoms with Gasteiger partial charge in [-0.15, -0.1) is 0 Å². The smallest absolute Gasteiger partial charge is 0.414 e. The summed E-state index contributed by atoms with van der Waals surface area (Å²) in [6.07, 6.45) is 4.62. The number of ether oxygens (including phenoxy) is 1. The molecule has 1 aromatic rings. The molecule has 4 heteroatoms. The standard InChI is InChI=1S/C18H21NO3/c20-17-11-6-12-19(16-10-5-4-9-15(16)17)18(21)22-13-14-7-2-1-3-8-14/h1-3,7-8H,4-6,9-13H2. The molecule has 0 spiro atoms. The number of benzene rings is 1. The Balaban J connectivity index is 1.73. The second kappa shape index (κ2) is 6.77. The Kier molecular flexibility index (Phi) is 4.56. The third-order valence-corrected chi connectivity index (χ3v) is 4.31. The van der Waals surface area contributed by atoms with Gasteiger partial charge in [-0.2, -0.15) is 0 Å². The molecule has 116 valence electrons. The lowest BCUT2D eigenvalue weighted by molar-refractivity contribution is -0.115. The van der Waals surface area contributed by atoms with Gasteiger partial charge in [-0.1, -0.05) is 30.3 Å². The molecule has 22 heavy (non-hydrogen) atoms. The maximum absolute atomic E-state index is 12.4. The van der Waals surface area contributed by atoms with Gasteiger partial charge in [0.1, 0.15) is 6.61 Å². The summed E-state index contributed by atoms with van der Waals surface area (Å²) in [6.45, 7) is 0.852. The molecular weight excluding hydrogens is 278 g/mol. The van der Waals surface area contributed by atoms with Crippen molar-refractivity contribution in [3.05, 3.63) is 47.2 Å². The molecule has 1 aromatic carbocycles. The highest BCUT2D eigenvalue weighted by atomic mass is 16.6. The highest BCUT2D eigenvalue weighted by molar-refractivity contribution is 5.97. The zero-order chi connectivity index (χ0) is 15.4. The van der Waals surface area contributed by atoms with Crippen molar-refractivity contribution in [2.75, 3.05) is 6.54 Å². The molecule has 2 aliphatic rings. The van der Waals surface area contributed by atoms with Gasteiger partial charge in [-0.25, -0.2) is 4.79 Å². The molecule has 1 aliphatic heterocycles. The van der Waals surface area contributed by atoms with Crippen molar-refractivity contribution in [2.24, 2.45) is 0 Å². The van der Waals surface area contributed by atoms with Crippen LogP contribution in [0.4, 0.5) is 4.79 Å². The van der Waals surface area contributed by atoms with Crippen molar-refractivity contribution in [1.82, 2.24) is 4.90 Å². The van der Waals surface area contributed by atoms with E-state index in [4.69, 9.17) is 4.74 Å². The van der Waals surface area contributed by atoms with E-state index in [2.05, 4.69) is 0 Å². The first kappa shape index (κ1) is 14.8. The number of hydrogen-bond acceptors (Lipinski definition) is 3. The van der Waals surface area contributed by atoms with Crippen molar-refractivity contribution in [3.8, 4) is 0 Å². The number of hydrogen-bond donors (Lipinski definition) is 0. The number of allylic oxidation sites excluding steroid dienone is 2. The third kappa shape index (κ3) is 3.21. The Labute approximate surface area is 130 Å². The average Bonchev–Trinajstić information content (AvgIpc) is 2.73. The van der Waals surface area contributed by atoms with Crippen molar-refractivity contribution in [2.45, 2.75) is 45.1 Å². The Bertz CT molecular complexity index is 592. The predicted molar refractivity (Wildman–Crippen MR) is 83.1 cm³/mol. The van der Waals surface area contributed by atoms with Crippen LogP contribution in [0.1, 0.15) is 44.1 Å². The van der Waals surface area contributed by atoms with Crippen LogP contribution >= 0.6 is 0 Å². The second-order valence-electron chi connectivity index (χ2n) is 5.85. The van der Waals surface area contributed by atoms with Crippen molar-refractivity contribution in [1.29, 1.82) is 0 Å². The molecule has 0 unspecified atom stereocenters. The highest BCUT2D eigenvalue weighted by Crippen LogP contribution is 2.32. The van der Waals surface area contributed by atoms with Crippen LogP contribution in [-0.4, -0.2) is 23.3 Å². The van der Waals surface area contributed by atoms with Crippen LogP contribution in [0.2, 0.25) is 0 Å². The summed E-state index contributed by atoms with van der Waals surface area (Å²) in [5.74, 6) is 0.216. The molecule has 1 heterocycles. The second-order valence-corrected chi connectivity index (χ2v) is 5.85. The lowest BCUT2D eigenvalue weighted by Gasteiger charge is -2.27. The van der Waals surface area contributed by atoms with Crippen LogP contribution in [0.15, 0.2) is 41.6 Å². The van der Waals surface area contributed by atoms with Gasteiger partial charge < -0.3 is 4.74 Å². The van der Waals surface area contributed by atoms with Crippen LogP contribution in [-0.2, 0) is 16.1 Å². The minimum Gasteiger partial charge on any atom is -0.444 e. The summed E-state index contributed by atoms with van der Waals surface area (Å²) < 4.78 is 5.45. The van der Waals surface area contributed by atoms with Crippen LogP contribution in [0.3, 0.4) is 0 Å². The first-order chi connectivity index (χ1) is 10.8. The van der Waals surface area contributed by atoms with Gasteiger partial charge >= 0.3 is 6.09 Å². The predicted octanol–water partition coefficient (Wildman–Crippen LogP) is 3.82. The summed E-state index contributed by atoms with van der Waals surface area (Å²) in [7, 11) is 0. The van der Waals surface area contributed by atoms with Crippen LogP contribution in [0.25, 0.3) is 0 Å². The number of carbonyl (C=O) groups excluding carboxylic acids is 2. The number of Topliss-reactive ketones (excluding diaryl/α,β-unsaturated/α-hetero) is 1. The Hall–Kier alpha value is -2.10. The maximum atomic E-state index is 12.4. The van der Waals surface area contributed by atoms with E-state index in [0.29, 0.717) is 19.4 Å². The molecule has 1 amide bonds. The summed E-state index contributed by atoms with van der Waals surface area (Å²) in [4.78, 5) is 26.3. The molecule has 0 bridgehead atoms. The molecule has 0 saturated carbocycles. The van der Waals surface area contributed by atoms with Gasteiger partial charge in [0.15, 0.2) is 5.78 Å². The molecule has 1 aliphatic carbocycles. The SMILES string of the molecule is O=C1CCCN(C(=O)OCc2ccccc2)C2=C1CCCC2. The zero-order valence-electron chi connectivity index (χ0n) is 12.7. The lowest BCUT2D eigenvalue weighted by atomic mass is 9.92. The van der Waals surface area contributed by atoms with Crippen molar-refractivity contribution >= 4 is 11.9 Å². The summed E-state index contributed by atoms with van der Waals surface area (Å²) >= 11 is 0. The minimum absolute atomic E-state index is 0.216. The van der Waals surface area contributed by atoms with Crippen LogP contribution < -0.4 is 0 Å². The molecule has 4 nitrogen and oxygen atoms in total. The van der Waals surface area contributed by atoms with E-state index < -0.39 is 0 Å². The molecule has 0 N–H and O–H groups in total. The van der Waals surface area contributed by atoms with Gasteiger partial charge in [0, 0.05) is 24.2 Å². The molecular formula is C18H21NO3. The lowest BCUT2D eigenvalue weighted by Crippen LogP contribution is -2.32. The monoisotopic (exact) mass is 299 g/mol. The summed E-state index contributed by atoms with van der Waals surface area (Å²) in [5, 5.41) is 0. The maximum Gasteiger partial charge on any atom is 0.414 e. The van der Waals surface area contributed by atoms with Gasteiger partial charge in [0.2, 0.25) is 0 Å². The topological polar surface area (TPSA) is 46.6 Å². The molecule has 0 atom stereocenters. The largest absolute Gasteiger partial charge is 0.444 e. The summed E-state index contributed by atoms with van der Waals surface area (Å²) in [5.41, 5.74) is 2.74. The van der Waals surface area contributed by atoms with Gasteiger partial charge in [0.05, 0.1) is 0 Å². The fourth-order valence-electron chi connectivity index (χ4n) is 3.17. The molecule has 3 rings (SSSR count). The Morgan fingerprint density at radius 1 is 1.05 bits per heavy atom. The summed E-state index contributed by atoms with van der Waals surface area (Å²) in [6, 6.07) is 9.66. The fourth-order valence-corrected chi connectivity index (χ4v) is 3.17. The van der Waals surface area contributed by atoms with Crippen molar-refractivity contribution < 1.29 is 14.3 Å². The van der Waals surface area contributed by atoms with E-state index in [1.54, 1.807) is 4.90 Å². The third-order valence-electron chi connectivity index (χ3n) is 4.31. The van der Waals surface area contributed by atoms with E-state index in [1.165, 1.54) is 0 Å². The number of nitrogens with zero attached hydrogens (tertiary/aromatic N) is 1. The number of ketones is 1. The molecule has 0 aromatic heterocycles. The van der Waals surface area contributed by atoms with Crippen LogP contribution in [0.5, 0.6) is 0 Å². The van der Waals surface area contributed by atoms with Crippen LogP contribution in [0, 0.1) is 0 Å². The van der Waals surface area contributed by atoms with E-state index in [0.717, 1.165) is 42.5 Å². The van der Waals surface area contributed by atoms with Gasteiger partial charge in [-0.3, -0.25) is 9.69 Å². The molecule has 0 radical (unpaired) electrons.